The number of hydrogen-bond acceptors (Lipinski definition) is 5. The van der Waals surface area contributed by atoms with Crippen molar-refractivity contribution < 1.29 is 5.11 Å². The summed E-state index contributed by atoms with van der Waals surface area (Å²) in [5.74, 6) is 0.526. The normalized spacial score (nSPS) is 12.6. The van der Waals surface area contributed by atoms with E-state index in [9.17, 15) is 5.11 Å². The van der Waals surface area contributed by atoms with Crippen molar-refractivity contribution >= 4 is 34.7 Å². The number of thioether (sulfide) groups is 1. The minimum atomic E-state index is -0.585. The van der Waals surface area contributed by atoms with Crippen LogP contribution in [0.25, 0.3) is 0 Å². The van der Waals surface area contributed by atoms with Crippen LogP contribution in [-0.4, -0.2) is 21.1 Å². The lowest BCUT2D eigenvalue weighted by molar-refractivity contribution is 0.204. The third kappa shape index (κ3) is 3.42. The largest absolute Gasteiger partial charge is 0.387 e. The van der Waals surface area contributed by atoms with Crippen LogP contribution in [0.2, 0.25) is 5.02 Å². The van der Waals surface area contributed by atoms with E-state index in [1.807, 2.05) is 25.1 Å². The van der Waals surface area contributed by atoms with Gasteiger partial charge in [-0.2, -0.15) is 0 Å². The van der Waals surface area contributed by atoms with Gasteiger partial charge in [0.25, 0.3) is 0 Å². The quantitative estimate of drug-likeness (QED) is 0.876. The maximum atomic E-state index is 10.0. The molecular formula is C11H11ClN2OS2. The van der Waals surface area contributed by atoms with Gasteiger partial charge in [0.15, 0.2) is 4.34 Å². The Bertz CT molecular complexity index is 504. The first-order valence-electron chi connectivity index (χ1n) is 5.02. The van der Waals surface area contributed by atoms with Crippen molar-refractivity contribution in [3.8, 4) is 0 Å². The lowest BCUT2D eigenvalue weighted by atomic mass is 10.1. The second kappa shape index (κ2) is 5.82. The van der Waals surface area contributed by atoms with E-state index in [0.29, 0.717) is 10.8 Å². The molecule has 0 fully saturated rings. The number of halogens is 1. The zero-order valence-electron chi connectivity index (χ0n) is 9.13. The van der Waals surface area contributed by atoms with E-state index < -0.39 is 6.10 Å². The van der Waals surface area contributed by atoms with Gasteiger partial charge in [0.1, 0.15) is 5.01 Å². The van der Waals surface area contributed by atoms with Crippen molar-refractivity contribution in [3.63, 3.8) is 0 Å². The van der Waals surface area contributed by atoms with Gasteiger partial charge < -0.3 is 5.11 Å². The molecule has 17 heavy (non-hydrogen) atoms. The Kier molecular flexibility index (Phi) is 4.39. The highest BCUT2D eigenvalue weighted by atomic mass is 35.5. The number of aromatic nitrogens is 2. The van der Waals surface area contributed by atoms with Crippen LogP contribution in [0.15, 0.2) is 28.6 Å². The molecule has 0 saturated carbocycles. The molecule has 1 heterocycles. The molecule has 0 saturated heterocycles. The van der Waals surface area contributed by atoms with Gasteiger partial charge in [0, 0.05) is 10.8 Å². The van der Waals surface area contributed by atoms with Gasteiger partial charge in [-0.3, -0.25) is 0 Å². The van der Waals surface area contributed by atoms with Gasteiger partial charge in [0.05, 0.1) is 6.10 Å². The van der Waals surface area contributed by atoms with Crippen LogP contribution in [-0.2, 0) is 0 Å². The van der Waals surface area contributed by atoms with Gasteiger partial charge in [-0.05, 0) is 18.6 Å². The molecule has 90 valence electrons. The summed E-state index contributed by atoms with van der Waals surface area (Å²) in [6.45, 7) is 1.91. The number of rotatable bonds is 4. The summed E-state index contributed by atoms with van der Waals surface area (Å²) in [4.78, 5) is 0. The molecule has 0 aliphatic rings. The summed E-state index contributed by atoms with van der Waals surface area (Å²) >= 11 is 9.03. The molecular weight excluding hydrogens is 276 g/mol. The molecule has 0 bridgehead atoms. The van der Waals surface area contributed by atoms with E-state index in [1.165, 1.54) is 23.1 Å². The van der Waals surface area contributed by atoms with Crippen molar-refractivity contribution in [3.05, 3.63) is 39.9 Å². The summed E-state index contributed by atoms with van der Waals surface area (Å²) in [6, 6.07) is 7.32. The second-order valence-corrected chi connectivity index (χ2v) is 6.29. The first-order chi connectivity index (χ1) is 8.16. The fraction of sp³-hybridized carbons (Fsp3) is 0.273. The summed E-state index contributed by atoms with van der Waals surface area (Å²) in [7, 11) is 0. The van der Waals surface area contributed by atoms with Crippen LogP contribution >= 0.6 is 34.7 Å². The Morgan fingerprint density at radius 2 is 2.18 bits per heavy atom. The van der Waals surface area contributed by atoms with Gasteiger partial charge in [-0.15, -0.1) is 10.2 Å². The lowest BCUT2D eigenvalue weighted by Crippen LogP contribution is -2.01. The standard InChI is InChI=1S/C11H11ClN2OS2/c1-7-13-14-11(17-7)16-6-10(15)8-4-2-3-5-9(8)12/h2-5,10,15H,6H2,1H3/t10-/m0/s1. The zero-order valence-corrected chi connectivity index (χ0v) is 11.5. The molecule has 1 aromatic carbocycles. The van der Waals surface area contributed by atoms with Gasteiger partial charge in [0.2, 0.25) is 0 Å². The van der Waals surface area contributed by atoms with Gasteiger partial charge in [-0.1, -0.05) is 52.9 Å². The van der Waals surface area contributed by atoms with Crippen molar-refractivity contribution in [2.45, 2.75) is 17.4 Å². The van der Waals surface area contributed by atoms with Crippen LogP contribution in [0, 0.1) is 6.92 Å². The maximum Gasteiger partial charge on any atom is 0.174 e. The average molecular weight is 287 g/mol. The summed E-state index contributed by atoms with van der Waals surface area (Å²) in [6.07, 6.45) is -0.585. The minimum Gasteiger partial charge on any atom is -0.387 e. The highest BCUT2D eigenvalue weighted by Crippen LogP contribution is 2.29. The van der Waals surface area contributed by atoms with Crippen LogP contribution in [0.5, 0.6) is 0 Å². The summed E-state index contributed by atoms with van der Waals surface area (Å²) in [5.41, 5.74) is 0.753. The van der Waals surface area contributed by atoms with Crippen LogP contribution in [0.1, 0.15) is 16.7 Å². The van der Waals surface area contributed by atoms with E-state index in [2.05, 4.69) is 10.2 Å². The molecule has 0 radical (unpaired) electrons. The molecule has 0 spiro atoms. The molecule has 1 N–H and O–H groups in total. The average Bonchev–Trinajstić information content (AvgIpc) is 2.73. The fourth-order valence-electron chi connectivity index (χ4n) is 1.32. The van der Waals surface area contributed by atoms with Gasteiger partial charge in [-0.25, -0.2) is 0 Å². The van der Waals surface area contributed by atoms with Crippen molar-refractivity contribution in [1.29, 1.82) is 0 Å². The highest BCUT2D eigenvalue weighted by Gasteiger charge is 2.12. The topological polar surface area (TPSA) is 46.0 Å². The Balaban J connectivity index is 1.98. The SMILES string of the molecule is Cc1nnc(SC[C@H](O)c2ccccc2Cl)s1. The number of benzene rings is 1. The summed E-state index contributed by atoms with van der Waals surface area (Å²) in [5, 5.41) is 19.5. The molecule has 0 amide bonds. The lowest BCUT2D eigenvalue weighted by Gasteiger charge is -2.10. The molecule has 1 aromatic heterocycles. The first-order valence-corrected chi connectivity index (χ1v) is 7.20. The number of hydrogen-bond donors (Lipinski definition) is 1. The van der Waals surface area contributed by atoms with E-state index in [-0.39, 0.29) is 0 Å². The minimum absolute atomic E-state index is 0.526. The van der Waals surface area contributed by atoms with Crippen LogP contribution in [0.4, 0.5) is 0 Å². The van der Waals surface area contributed by atoms with Crippen molar-refractivity contribution in [2.75, 3.05) is 5.75 Å². The molecule has 3 nitrogen and oxygen atoms in total. The maximum absolute atomic E-state index is 10.0. The van der Waals surface area contributed by atoms with E-state index >= 15 is 0 Å². The van der Waals surface area contributed by atoms with Crippen LogP contribution in [0.3, 0.4) is 0 Å². The molecule has 0 unspecified atom stereocenters. The fourth-order valence-corrected chi connectivity index (χ4v) is 3.38. The van der Waals surface area contributed by atoms with E-state index in [0.717, 1.165) is 14.9 Å². The Hall–Kier alpha value is -0.620. The van der Waals surface area contributed by atoms with Crippen LogP contribution < -0.4 is 0 Å². The molecule has 2 rings (SSSR count). The Morgan fingerprint density at radius 3 is 2.82 bits per heavy atom. The first kappa shape index (κ1) is 12.8. The van der Waals surface area contributed by atoms with Gasteiger partial charge >= 0.3 is 0 Å². The molecule has 0 aliphatic carbocycles. The Labute approximate surface area is 113 Å². The molecule has 2 aromatic rings. The third-order valence-electron chi connectivity index (χ3n) is 2.14. The summed E-state index contributed by atoms with van der Waals surface area (Å²) < 4.78 is 0.869. The highest BCUT2D eigenvalue weighted by molar-refractivity contribution is 8.01. The zero-order chi connectivity index (χ0) is 12.3. The predicted octanol–water partition coefficient (Wildman–Crippen LogP) is 3.33. The number of aliphatic hydroxyl groups excluding tert-OH is 1. The molecule has 1 atom stereocenters. The number of nitrogens with zero attached hydrogens (tertiary/aromatic N) is 2. The van der Waals surface area contributed by atoms with Crippen molar-refractivity contribution in [1.82, 2.24) is 10.2 Å². The number of aryl methyl sites for hydroxylation is 1. The van der Waals surface area contributed by atoms with E-state index in [4.69, 9.17) is 11.6 Å². The van der Waals surface area contributed by atoms with Crippen molar-refractivity contribution in [2.24, 2.45) is 0 Å². The monoisotopic (exact) mass is 286 g/mol. The molecule has 6 heteroatoms. The molecule has 0 aliphatic heterocycles. The van der Waals surface area contributed by atoms with E-state index in [1.54, 1.807) is 6.07 Å². The third-order valence-corrected chi connectivity index (χ3v) is 4.53. The number of aliphatic hydroxyl groups is 1. The second-order valence-electron chi connectivity index (χ2n) is 3.44. The predicted molar refractivity (Wildman–Crippen MR) is 71.8 cm³/mol. The smallest absolute Gasteiger partial charge is 0.174 e. The Morgan fingerprint density at radius 1 is 1.41 bits per heavy atom.